The van der Waals surface area contributed by atoms with Crippen molar-refractivity contribution in [3.63, 3.8) is 0 Å². The average molecular weight is 406 g/mol. The molecule has 3 aromatic rings. The van der Waals surface area contributed by atoms with Gasteiger partial charge in [-0.3, -0.25) is 5.41 Å². The number of aryl methyl sites for hydroxylation is 2. The van der Waals surface area contributed by atoms with E-state index in [9.17, 15) is 5.11 Å². The Kier molecular flexibility index (Phi) is 5.11. The zero-order valence-electron chi connectivity index (χ0n) is 17.7. The van der Waals surface area contributed by atoms with Gasteiger partial charge < -0.3 is 24.0 Å². The number of aromatic nitrogens is 2. The minimum absolute atomic E-state index is 0.183. The van der Waals surface area contributed by atoms with E-state index in [1.54, 1.807) is 14.2 Å². The Balaban J connectivity index is 1.54. The number of ether oxygens (including phenoxy) is 2. The first-order valence-corrected chi connectivity index (χ1v) is 9.83. The predicted octanol–water partition coefficient (Wildman–Crippen LogP) is 3.70. The highest BCUT2D eigenvalue weighted by atomic mass is 16.5. The van der Waals surface area contributed by atoms with Crippen LogP contribution in [0.25, 0.3) is 16.6 Å². The quantitative estimate of drug-likeness (QED) is 0.652. The van der Waals surface area contributed by atoms with Gasteiger partial charge in [-0.25, -0.2) is 4.98 Å². The third-order valence-corrected chi connectivity index (χ3v) is 5.56. The van der Waals surface area contributed by atoms with Crippen LogP contribution in [0.4, 0.5) is 0 Å². The van der Waals surface area contributed by atoms with Crippen molar-refractivity contribution in [3.8, 4) is 11.5 Å². The molecule has 0 saturated heterocycles. The molecule has 0 atom stereocenters. The average Bonchev–Trinajstić information content (AvgIpc) is 3.20. The van der Waals surface area contributed by atoms with Crippen molar-refractivity contribution < 1.29 is 14.6 Å². The van der Waals surface area contributed by atoms with E-state index in [0.29, 0.717) is 48.2 Å². The van der Waals surface area contributed by atoms with Crippen LogP contribution in [0.5, 0.6) is 11.5 Å². The lowest BCUT2D eigenvalue weighted by Crippen LogP contribution is -2.29. The van der Waals surface area contributed by atoms with E-state index >= 15 is 0 Å². The number of nitrogens with zero attached hydrogens (tertiary/aromatic N) is 3. The number of imidazole rings is 1. The third kappa shape index (κ3) is 3.36. The first-order chi connectivity index (χ1) is 14.4. The molecular formula is C23H26N4O3. The van der Waals surface area contributed by atoms with Crippen LogP contribution >= 0.6 is 0 Å². The Labute approximate surface area is 175 Å². The van der Waals surface area contributed by atoms with Gasteiger partial charge in [-0.15, -0.1) is 0 Å². The Morgan fingerprint density at radius 3 is 2.60 bits per heavy atom. The number of amidine groups is 1. The van der Waals surface area contributed by atoms with Crippen LogP contribution in [0.2, 0.25) is 0 Å². The number of nitrogens with one attached hydrogen (secondary N) is 1. The fraction of sp³-hybridized carbons (Fsp3) is 0.304. The van der Waals surface area contributed by atoms with E-state index in [1.807, 2.05) is 59.8 Å². The van der Waals surface area contributed by atoms with E-state index in [-0.39, 0.29) is 5.76 Å². The fourth-order valence-electron chi connectivity index (χ4n) is 3.89. The van der Waals surface area contributed by atoms with Gasteiger partial charge in [-0.2, -0.15) is 0 Å². The maximum atomic E-state index is 10.6. The van der Waals surface area contributed by atoms with Crippen molar-refractivity contribution >= 4 is 22.4 Å². The maximum absolute atomic E-state index is 10.6. The molecule has 2 aromatic carbocycles. The Morgan fingerprint density at radius 2 is 1.87 bits per heavy atom. The van der Waals surface area contributed by atoms with Gasteiger partial charge >= 0.3 is 0 Å². The van der Waals surface area contributed by atoms with E-state index in [4.69, 9.17) is 19.9 Å². The minimum atomic E-state index is 0.183. The van der Waals surface area contributed by atoms with Gasteiger partial charge in [0.1, 0.15) is 17.4 Å². The SMILES string of the molecule is COc1ccc(CCN2CC(O)=C(c3nc4cc(C)ccc4n3C)C2=N)cc1OC. The van der Waals surface area contributed by atoms with Gasteiger partial charge in [-0.05, 0) is 48.7 Å². The number of rotatable bonds is 6. The van der Waals surface area contributed by atoms with Crippen LogP contribution in [-0.4, -0.2) is 52.7 Å². The molecule has 0 radical (unpaired) electrons. The van der Waals surface area contributed by atoms with Crippen LogP contribution in [0.1, 0.15) is 17.0 Å². The van der Waals surface area contributed by atoms with Crippen LogP contribution in [-0.2, 0) is 13.5 Å². The largest absolute Gasteiger partial charge is 0.510 e. The second-order valence-electron chi connectivity index (χ2n) is 7.52. The molecule has 30 heavy (non-hydrogen) atoms. The number of fused-ring (bicyclic) bond motifs is 1. The molecule has 0 unspecified atom stereocenters. The van der Waals surface area contributed by atoms with E-state index in [1.165, 1.54) is 0 Å². The summed E-state index contributed by atoms with van der Waals surface area (Å²) in [4.78, 5) is 6.56. The molecule has 0 spiro atoms. The summed E-state index contributed by atoms with van der Waals surface area (Å²) in [6, 6.07) is 11.9. The summed E-state index contributed by atoms with van der Waals surface area (Å²) >= 11 is 0. The number of aliphatic hydroxyl groups excluding tert-OH is 1. The summed E-state index contributed by atoms with van der Waals surface area (Å²) in [7, 11) is 5.14. The number of methoxy groups -OCH3 is 2. The molecule has 0 aliphatic carbocycles. The fourth-order valence-corrected chi connectivity index (χ4v) is 3.89. The summed E-state index contributed by atoms with van der Waals surface area (Å²) in [6.45, 7) is 2.94. The van der Waals surface area contributed by atoms with E-state index < -0.39 is 0 Å². The predicted molar refractivity (Wildman–Crippen MR) is 118 cm³/mol. The molecule has 0 fully saturated rings. The van der Waals surface area contributed by atoms with E-state index in [0.717, 1.165) is 22.2 Å². The van der Waals surface area contributed by atoms with Gasteiger partial charge in [0.15, 0.2) is 11.5 Å². The molecule has 1 aliphatic heterocycles. The topological polar surface area (TPSA) is 83.6 Å². The molecule has 4 rings (SSSR count). The van der Waals surface area contributed by atoms with Gasteiger partial charge in [0.2, 0.25) is 0 Å². The molecule has 0 saturated carbocycles. The molecule has 2 N–H and O–H groups in total. The number of benzene rings is 2. The highest BCUT2D eigenvalue weighted by molar-refractivity contribution is 6.23. The van der Waals surface area contributed by atoms with Crippen LogP contribution in [0.3, 0.4) is 0 Å². The van der Waals surface area contributed by atoms with Crippen molar-refractivity contribution in [2.75, 3.05) is 27.3 Å². The lowest BCUT2D eigenvalue weighted by molar-refractivity contribution is 0.349. The first kappa shape index (κ1) is 19.8. The smallest absolute Gasteiger partial charge is 0.160 e. The molecule has 1 aliphatic rings. The number of hydrogen-bond acceptors (Lipinski definition) is 5. The normalized spacial score (nSPS) is 14.1. The molecule has 7 heteroatoms. The van der Waals surface area contributed by atoms with Crippen LogP contribution in [0.15, 0.2) is 42.2 Å². The lowest BCUT2D eigenvalue weighted by atomic mass is 10.1. The highest BCUT2D eigenvalue weighted by Gasteiger charge is 2.31. The van der Waals surface area contributed by atoms with Gasteiger partial charge in [0.05, 0.1) is 37.4 Å². The molecule has 1 aromatic heterocycles. The Bertz CT molecular complexity index is 1160. The first-order valence-electron chi connectivity index (χ1n) is 9.83. The molecule has 7 nitrogen and oxygen atoms in total. The highest BCUT2D eigenvalue weighted by Crippen LogP contribution is 2.30. The van der Waals surface area contributed by atoms with Crippen molar-refractivity contribution in [1.29, 1.82) is 5.41 Å². The Hall–Kier alpha value is -3.48. The van der Waals surface area contributed by atoms with Gasteiger partial charge in [0.25, 0.3) is 0 Å². The zero-order chi connectivity index (χ0) is 21.4. The van der Waals surface area contributed by atoms with Crippen LogP contribution in [0, 0.1) is 12.3 Å². The summed E-state index contributed by atoms with van der Waals surface area (Å²) in [5.74, 6) is 2.47. The minimum Gasteiger partial charge on any atom is -0.510 e. The molecule has 0 amide bonds. The molecule has 156 valence electrons. The number of hydrogen-bond donors (Lipinski definition) is 2. The second kappa shape index (κ2) is 7.74. The maximum Gasteiger partial charge on any atom is 0.160 e. The van der Waals surface area contributed by atoms with Crippen molar-refractivity contribution in [1.82, 2.24) is 14.5 Å². The summed E-state index contributed by atoms with van der Waals surface area (Å²) in [6.07, 6.45) is 0.713. The second-order valence-corrected chi connectivity index (χ2v) is 7.52. The Morgan fingerprint density at radius 1 is 1.10 bits per heavy atom. The summed E-state index contributed by atoms with van der Waals surface area (Å²) < 4.78 is 12.6. The third-order valence-electron chi connectivity index (χ3n) is 5.56. The van der Waals surface area contributed by atoms with Crippen molar-refractivity contribution in [2.45, 2.75) is 13.3 Å². The molecule has 2 heterocycles. The van der Waals surface area contributed by atoms with Crippen molar-refractivity contribution in [2.24, 2.45) is 7.05 Å². The molecule has 0 bridgehead atoms. The molecular weight excluding hydrogens is 380 g/mol. The summed E-state index contributed by atoms with van der Waals surface area (Å²) in [5.41, 5.74) is 4.55. The monoisotopic (exact) mass is 406 g/mol. The zero-order valence-corrected chi connectivity index (χ0v) is 17.7. The van der Waals surface area contributed by atoms with Gasteiger partial charge in [-0.1, -0.05) is 12.1 Å². The number of aliphatic hydroxyl groups is 1. The van der Waals surface area contributed by atoms with Crippen LogP contribution < -0.4 is 9.47 Å². The standard InChI is InChI=1S/C23H26N4O3/c1-14-5-7-17-16(11-14)25-23(26(17)2)21-18(28)13-27(22(21)24)10-9-15-6-8-19(29-3)20(12-15)30-4/h5-8,11-12,24,28H,9-10,13H2,1-4H3. The van der Waals surface area contributed by atoms with E-state index in [2.05, 4.69) is 0 Å². The summed E-state index contributed by atoms with van der Waals surface area (Å²) in [5, 5.41) is 19.3. The van der Waals surface area contributed by atoms with Gasteiger partial charge in [0, 0.05) is 13.6 Å². The van der Waals surface area contributed by atoms with Crippen molar-refractivity contribution in [3.05, 3.63) is 59.1 Å². The lowest BCUT2D eigenvalue weighted by Gasteiger charge is -2.19.